The van der Waals surface area contributed by atoms with E-state index in [9.17, 15) is 5.11 Å². The fraction of sp³-hybridized carbons (Fsp3) is 0.435. The minimum atomic E-state index is -0.0856. The molecule has 2 aromatic carbocycles. The Morgan fingerprint density at radius 2 is 1.73 bits per heavy atom. The zero-order valence-corrected chi connectivity index (χ0v) is 18.0. The third-order valence-electron chi connectivity index (χ3n) is 5.03. The molecule has 1 atom stereocenters. The SMILES string of the molecule is CCNC(=NCC(C)Oc1ccccc1OC)N1CCN(c2ccccc2O)CC1. The molecule has 3 rings (SSSR count). The lowest BCUT2D eigenvalue weighted by Crippen LogP contribution is -2.52. The Hall–Kier alpha value is -3.09. The number of para-hydroxylation sites is 4. The molecule has 1 aliphatic rings. The highest BCUT2D eigenvalue weighted by atomic mass is 16.5. The number of aliphatic imine (C=N–C) groups is 1. The molecule has 2 N–H and O–H groups in total. The number of piperazine rings is 1. The molecule has 0 aliphatic carbocycles. The highest BCUT2D eigenvalue weighted by Crippen LogP contribution is 2.28. The van der Waals surface area contributed by atoms with Crippen LogP contribution in [0.15, 0.2) is 53.5 Å². The number of rotatable bonds is 7. The second-order valence-electron chi connectivity index (χ2n) is 7.24. The number of anilines is 1. The highest BCUT2D eigenvalue weighted by molar-refractivity contribution is 5.80. The van der Waals surface area contributed by atoms with Gasteiger partial charge in [-0.05, 0) is 38.1 Å². The number of hydrogen-bond donors (Lipinski definition) is 2. The van der Waals surface area contributed by atoms with Crippen molar-refractivity contribution in [3.05, 3.63) is 48.5 Å². The minimum absolute atomic E-state index is 0.0856. The number of nitrogens with one attached hydrogen (secondary N) is 1. The predicted molar refractivity (Wildman–Crippen MR) is 121 cm³/mol. The molecule has 1 heterocycles. The maximum Gasteiger partial charge on any atom is 0.194 e. The summed E-state index contributed by atoms with van der Waals surface area (Å²) in [7, 11) is 1.64. The van der Waals surface area contributed by atoms with Gasteiger partial charge in [-0.15, -0.1) is 0 Å². The molecule has 30 heavy (non-hydrogen) atoms. The van der Waals surface area contributed by atoms with Crippen LogP contribution in [0.5, 0.6) is 17.2 Å². The van der Waals surface area contributed by atoms with Crippen LogP contribution in [0.2, 0.25) is 0 Å². The zero-order chi connectivity index (χ0) is 21.3. The van der Waals surface area contributed by atoms with Crippen molar-refractivity contribution in [2.45, 2.75) is 20.0 Å². The number of guanidine groups is 1. The van der Waals surface area contributed by atoms with Crippen LogP contribution in [-0.2, 0) is 0 Å². The summed E-state index contributed by atoms with van der Waals surface area (Å²) in [6, 6.07) is 15.1. The van der Waals surface area contributed by atoms with Crippen LogP contribution in [0.3, 0.4) is 0 Å². The standard InChI is InChI=1S/C23H32N4O3/c1-4-24-23(25-17-18(2)30-22-12-8-7-11-21(22)29-3)27-15-13-26(14-16-27)19-9-5-6-10-20(19)28/h5-12,18,28H,4,13-17H2,1-3H3,(H,24,25). The molecule has 162 valence electrons. The quantitative estimate of drug-likeness (QED) is 0.538. The molecule has 7 nitrogen and oxygen atoms in total. The molecule has 0 bridgehead atoms. The number of methoxy groups -OCH3 is 1. The van der Waals surface area contributed by atoms with Crippen LogP contribution >= 0.6 is 0 Å². The zero-order valence-electron chi connectivity index (χ0n) is 18.0. The van der Waals surface area contributed by atoms with E-state index in [4.69, 9.17) is 14.5 Å². The van der Waals surface area contributed by atoms with E-state index in [0.29, 0.717) is 12.3 Å². The van der Waals surface area contributed by atoms with Crippen molar-refractivity contribution in [1.82, 2.24) is 10.2 Å². The predicted octanol–water partition coefficient (Wildman–Crippen LogP) is 2.96. The summed E-state index contributed by atoms with van der Waals surface area (Å²) in [5.74, 6) is 2.67. The maximum atomic E-state index is 10.1. The van der Waals surface area contributed by atoms with Crippen molar-refractivity contribution in [3.8, 4) is 17.2 Å². The normalized spacial score (nSPS) is 15.6. The Morgan fingerprint density at radius 3 is 2.40 bits per heavy atom. The summed E-state index contributed by atoms with van der Waals surface area (Å²) in [6.45, 7) is 8.76. The van der Waals surface area contributed by atoms with E-state index in [2.05, 4.69) is 22.0 Å². The summed E-state index contributed by atoms with van der Waals surface area (Å²) in [5.41, 5.74) is 0.887. The van der Waals surface area contributed by atoms with Crippen LogP contribution in [0.4, 0.5) is 5.69 Å². The lowest BCUT2D eigenvalue weighted by molar-refractivity contribution is 0.218. The van der Waals surface area contributed by atoms with Crippen LogP contribution < -0.4 is 19.7 Å². The first-order valence-corrected chi connectivity index (χ1v) is 10.5. The maximum absolute atomic E-state index is 10.1. The lowest BCUT2D eigenvalue weighted by Gasteiger charge is -2.38. The number of benzene rings is 2. The summed E-state index contributed by atoms with van der Waals surface area (Å²) in [4.78, 5) is 9.27. The fourth-order valence-corrected chi connectivity index (χ4v) is 3.50. The Bertz CT molecular complexity index is 835. The van der Waals surface area contributed by atoms with E-state index < -0.39 is 0 Å². The number of nitrogens with zero attached hydrogens (tertiary/aromatic N) is 3. The van der Waals surface area contributed by atoms with Gasteiger partial charge >= 0.3 is 0 Å². The molecule has 1 fully saturated rings. The summed E-state index contributed by atoms with van der Waals surface area (Å²) in [5, 5.41) is 13.5. The van der Waals surface area contributed by atoms with Gasteiger partial charge in [-0.1, -0.05) is 24.3 Å². The molecule has 0 saturated carbocycles. The van der Waals surface area contributed by atoms with Crippen LogP contribution in [0.1, 0.15) is 13.8 Å². The molecule has 0 amide bonds. The monoisotopic (exact) mass is 412 g/mol. The number of phenols is 1. The minimum Gasteiger partial charge on any atom is -0.506 e. The van der Waals surface area contributed by atoms with E-state index in [-0.39, 0.29) is 6.10 Å². The largest absolute Gasteiger partial charge is 0.506 e. The second kappa shape index (κ2) is 10.6. The van der Waals surface area contributed by atoms with E-state index in [1.54, 1.807) is 13.2 Å². The summed E-state index contributed by atoms with van der Waals surface area (Å²) < 4.78 is 11.4. The van der Waals surface area contributed by atoms with Crippen molar-refractivity contribution in [3.63, 3.8) is 0 Å². The van der Waals surface area contributed by atoms with Gasteiger partial charge in [0.2, 0.25) is 0 Å². The molecule has 0 radical (unpaired) electrons. The Balaban J connectivity index is 1.59. The topological polar surface area (TPSA) is 69.6 Å². The molecule has 0 aromatic heterocycles. The number of hydrogen-bond acceptors (Lipinski definition) is 5. The Labute approximate surface area is 178 Å². The van der Waals surface area contributed by atoms with Crippen LogP contribution in [0.25, 0.3) is 0 Å². The third-order valence-corrected chi connectivity index (χ3v) is 5.03. The highest BCUT2D eigenvalue weighted by Gasteiger charge is 2.21. The fourth-order valence-electron chi connectivity index (χ4n) is 3.50. The first-order valence-electron chi connectivity index (χ1n) is 10.5. The van der Waals surface area contributed by atoms with Crippen molar-refractivity contribution >= 4 is 11.6 Å². The molecular formula is C23H32N4O3. The Kier molecular flexibility index (Phi) is 7.65. The van der Waals surface area contributed by atoms with Crippen molar-refractivity contribution in [2.75, 3.05) is 51.3 Å². The van der Waals surface area contributed by atoms with Gasteiger partial charge in [-0.25, -0.2) is 4.99 Å². The average molecular weight is 413 g/mol. The molecule has 2 aromatic rings. The third kappa shape index (κ3) is 5.49. The first kappa shape index (κ1) is 21.6. The van der Waals surface area contributed by atoms with E-state index >= 15 is 0 Å². The van der Waals surface area contributed by atoms with Gasteiger partial charge in [0.15, 0.2) is 17.5 Å². The lowest BCUT2D eigenvalue weighted by atomic mass is 10.2. The Morgan fingerprint density at radius 1 is 1.07 bits per heavy atom. The van der Waals surface area contributed by atoms with Gasteiger partial charge in [-0.2, -0.15) is 0 Å². The second-order valence-corrected chi connectivity index (χ2v) is 7.24. The van der Waals surface area contributed by atoms with E-state index in [0.717, 1.165) is 55.9 Å². The van der Waals surface area contributed by atoms with Crippen LogP contribution in [0, 0.1) is 0 Å². The molecule has 1 unspecified atom stereocenters. The van der Waals surface area contributed by atoms with Gasteiger partial charge in [0.1, 0.15) is 11.9 Å². The van der Waals surface area contributed by atoms with Gasteiger partial charge in [0, 0.05) is 32.7 Å². The molecule has 1 aliphatic heterocycles. The van der Waals surface area contributed by atoms with Crippen LogP contribution in [-0.4, -0.2) is 68.4 Å². The smallest absolute Gasteiger partial charge is 0.194 e. The summed E-state index contributed by atoms with van der Waals surface area (Å²) >= 11 is 0. The van der Waals surface area contributed by atoms with Gasteiger partial charge in [-0.3, -0.25) is 0 Å². The first-order chi connectivity index (χ1) is 14.6. The van der Waals surface area contributed by atoms with Crippen molar-refractivity contribution < 1.29 is 14.6 Å². The van der Waals surface area contributed by atoms with Crippen molar-refractivity contribution in [2.24, 2.45) is 4.99 Å². The van der Waals surface area contributed by atoms with Crippen molar-refractivity contribution in [1.29, 1.82) is 0 Å². The molecular weight excluding hydrogens is 380 g/mol. The van der Waals surface area contributed by atoms with Gasteiger partial charge < -0.3 is 29.7 Å². The molecule has 7 heteroatoms. The molecule has 0 spiro atoms. The summed E-state index contributed by atoms with van der Waals surface area (Å²) in [6.07, 6.45) is -0.0856. The number of ether oxygens (including phenoxy) is 2. The van der Waals surface area contributed by atoms with E-state index in [1.807, 2.05) is 49.4 Å². The van der Waals surface area contributed by atoms with Gasteiger partial charge in [0.05, 0.1) is 19.3 Å². The molecule has 1 saturated heterocycles. The number of phenolic OH excluding ortho intramolecular Hbond substituents is 1. The van der Waals surface area contributed by atoms with Gasteiger partial charge in [0.25, 0.3) is 0 Å². The average Bonchev–Trinajstić information content (AvgIpc) is 2.77. The van der Waals surface area contributed by atoms with E-state index in [1.165, 1.54) is 0 Å². The number of aromatic hydroxyl groups is 1.